The van der Waals surface area contributed by atoms with Gasteiger partial charge >= 0.3 is 0 Å². The second kappa shape index (κ2) is 5.98. The third-order valence-electron chi connectivity index (χ3n) is 2.89. The molecule has 17 heavy (non-hydrogen) atoms. The predicted octanol–water partition coefficient (Wildman–Crippen LogP) is 2.35. The molecule has 0 aromatic heterocycles. The van der Waals surface area contributed by atoms with Gasteiger partial charge in [0, 0.05) is 25.8 Å². The number of hydrogen-bond donors (Lipinski definition) is 1. The Labute approximate surface area is 102 Å². The highest BCUT2D eigenvalue weighted by atomic mass is 19.1. The van der Waals surface area contributed by atoms with Gasteiger partial charge in [-0.1, -0.05) is 12.1 Å². The normalized spacial score (nSPS) is 14.5. The predicted molar refractivity (Wildman–Crippen MR) is 66.8 cm³/mol. The van der Waals surface area contributed by atoms with Crippen molar-refractivity contribution < 1.29 is 14.2 Å². The Morgan fingerprint density at radius 1 is 1.41 bits per heavy atom. The number of benzene rings is 1. The summed E-state index contributed by atoms with van der Waals surface area (Å²) in [6.45, 7) is 4.08. The van der Waals surface area contributed by atoms with Gasteiger partial charge in [-0.25, -0.2) is 4.39 Å². The Balaban J connectivity index is 3.10. The van der Waals surface area contributed by atoms with Crippen molar-refractivity contribution in [2.45, 2.75) is 26.0 Å². The minimum Gasteiger partial charge on any atom is -0.389 e. The summed E-state index contributed by atoms with van der Waals surface area (Å²) in [5.74, 6) is -0.325. The van der Waals surface area contributed by atoms with E-state index in [1.807, 2.05) is 6.92 Å². The first-order valence-corrected chi connectivity index (χ1v) is 5.67. The van der Waals surface area contributed by atoms with Crippen LogP contribution in [-0.4, -0.2) is 31.9 Å². The van der Waals surface area contributed by atoms with Gasteiger partial charge in [-0.3, -0.25) is 0 Å². The number of anilines is 1. The van der Waals surface area contributed by atoms with Crippen LogP contribution < -0.4 is 4.90 Å². The number of ether oxygens (including phenoxy) is 1. The molecule has 2 atom stereocenters. The van der Waals surface area contributed by atoms with Crippen molar-refractivity contribution in [2.75, 3.05) is 25.7 Å². The van der Waals surface area contributed by atoms with Crippen molar-refractivity contribution in [1.82, 2.24) is 0 Å². The molecule has 2 unspecified atom stereocenters. The lowest BCUT2D eigenvalue weighted by Gasteiger charge is -2.29. The molecule has 0 fully saturated rings. The van der Waals surface area contributed by atoms with E-state index >= 15 is 0 Å². The highest BCUT2D eigenvalue weighted by Gasteiger charge is 2.19. The van der Waals surface area contributed by atoms with E-state index < -0.39 is 6.10 Å². The molecule has 1 N–H and O–H groups in total. The van der Waals surface area contributed by atoms with Gasteiger partial charge in [-0.15, -0.1) is 0 Å². The highest BCUT2D eigenvalue weighted by molar-refractivity contribution is 5.55. The summed E-state index contributed by atoms with van der Waals surface area (Å²) < 4.78 is 18.9. The number of methoxy groups -OCH3 is 1. The maximum atomic E-state index is 13.9. The smallest absolute Gasteiger partial charge is 0.146 e. The quantitative estimate of drug-likeness (QED) is 0.859. The lowest BCUT2D eigenvalue weighted by Crippen LogP contribution is -2.34. The van der Waals surface area contributed by atoms with Gasteiger partial charge in [0.05, 0.1) is 18.4 Å². The molecule has 1 aromatic rings. The van der Waals surface area contributed by atoms with Crippen LogP contribution in [0, 0.1) is 5.82 Å². The molecule has 96 valence electrons. The molecule has 1 aromatic carbocycles. The van der Waals surface area contributed by atoms with Crippen LogP contribution in [0.3, 0.4) is 0 Å². The zero-order chi connectivity index (χ0) is 13.0. The molecule has 0 spiro atoms. The monoisotopic (exact) mass is 241 g/mol. The van der Waals surface area contributed by atoms with E-state index in [-0.39, 0.29) is 11.9 Å². The van der Waals surface area contributed by atoms with E-state index in [1.54, 1.807) is 38.1 Å². The lowest BCUT2D eigenvalue weighted by atomic mass is 10.1. The second-order valence-electron chi connectivity index (χ2n) is 4.27. The lowest BCUT2D eigenvalue weighted by molar-refractivity contribution is 0.181. The number of rotatable bonds is 5. The summed E-state index contributed by atoms with van der Waals surface area (Å²) in [6.07, 6.45) is -0.696. The zero-order valence-electron chi connectivity index (χ0n) is 10.8. The van der Waals surface area contributed by atoms with Crippen LogP contribution in [0.25, 0.3) is 0 Å². The van der Waals surface area contributed by atoms with Gasteiger partial charge < -0.3 is 14.7 Å². The number of aliphatic hydroxyl groups is 1. The minimum absolute atomic E-state index is 0.0365. The first kappa shape index (κ1) is 13.9. The van der Waals surface area contributed by atoms with Crippen LogP contribution >= 0.6 is 0 Å². The Kier molecular flexibility index (Phi) is 4.90. The standard InChI is InChI=1S/C13H20FNO2/c1-9(8-17-4)15(3)13-11(10(2)16)6-5-7-12(13)14/h5-7,9-10,16H,8H2,1-4H3. The molecule has 0 saturated carbocycles. The van der Waals surface area contributed by atoms with Crippen LogP contribution in [0.2, 0.25) is 0 Å². The van der Waals surface area contributed by atoms with Crippen molar-refractivity contribution >= 4 is 5.69 Å². The average Bonchev–Trinajstić information content (AvgIpc) is 2.28. The molecule has 0 amide bonds. The van der Waals surface area contributed by atoms with Gasteiger partial charge in [0.2, 0.25) is 0 Å². The van der Waals surface area contributed by atoms with E-state index in [1.165, 1.54) is 6.07 Å². The van der Waals surface area contributed by atoms with Crippen LogP contribution in [0.4, 0.5) is 10.1 Å². The molecule has 0 bridgehead atoms. The van der Waals surface area contributed by atoms with E-state index in [0.717, 1.165) is 0 Å². The molecule has 0 saturated heterocycles. The van der Waals surface area contributed by atoms with E-state index in [2.05, 4.69) is 0 Å². The summed E-state index contributed by atoms with van der Waals surface area (Å²) in [5.41, 5.74) is 1.03. The van der Waals surface area contributed by atoms with Crippen molar-refractivity contribution in [1.29, 1.82) is 0 Å². The van der Waals surface area contributed by atoms with Gasteiger partial charge in [0.25, 0.3) is 0 Å². The van der Waals surface area contributed by atoms with E-state index in [4.69, 9.17) is 4.74 Å². The number of likely N-dealkylation sites (N-methyl/N-ethyl adjacent to an activating group) is 1. The molecule has 0 aliphatic carbocycles. The third kappa shape index (κ3) is 3.17. The Hall–Kier alpha value is -1.13. The van der Waals surface area contributed by atoms with Crippen LogP contribution in [-0.2, 0) is 4.74 Å². The molecular formula is C13H20FNO2. The molecular weight excluding hydrogens is 221 g/mol. The van der Waals surface area contributed by atoms with Crippen LogP contribution in [0.1, 0.15) is 25.5 Å². The highest BCUT2D eigenvalue weighted by Crippen LogP contribution is 2.29. The molecule has 3 nitrogen and oxygen atoms in total. The molecule has 0 aliphatic heterocycles. The zero-order valence-corrected chi connectivity index (χ0v) is 10.8. The Morgan fingerprint density at radius 2 is 2.06 bits per heavy atom. The fraction of sp³-hybridized carbons (Fsp3) is 0.538. The van der Waals surface area contributed by atoms with Crippen molar-refractivity contribution in [3.05, 3.63) is 29.6 Å². The molecule has 1 rings (SSSR count). The third-order valence-corrected chi connectivity index (χ3v) is 2.89. The van der Waals surface area contributed by atoms with Crippen LogP contribution in [0.15, 0.2) is 18.2 Å². The fourth-order valence-electron chi connectivity index (χ4n) is 1.81. The first-order valence-electron chi connectivity index (χ1n) is 5.67. The largest absolute Gasteiger partial charge is 0.389 e. The fourth-order valence-corrected chi connectivity index (χ4v) is 1.81. The second-order valence-corrected chi connectivity index (χ2v) is 4.27. The van der Waals surface area contributed by atoms with E-state index in [0.29, 0.717) is 17.9 Å². The van der Waals surface area contributed by atoms with Crippen molar-refractivity contribution in [3.8, 4) is 0 Å². The molecule has 0 aliphatic rings. The maximum Gasteiger partial charge on any atom is 0.146 e. The van der Waals surface area contributed by atoms with Crippen molar-refractivity contribution in [2.24, 2.45) is 0 Å². The summed E-state index contributed by atoms with van der Waals surface area (Å²) in [5, 5.41) is 9.66. The number of para-hydroxylation sites is 1. The van der Waals surface area contributed by atoms with E-state index in [9.17, 15) is 9.50 Å². The van der Waals surface area contributed by atoms with Gasteiger partial charge in [0.15, 0.2) is 0 Å². The van der Waals surface area contributed by atoms with Gasteiger partial charge in [-0.2, -0.15) is 0 Å². The first-order chi connectivity index (χ1) is 7.99. The Morgan fingerprint density at radius 3 is 2.59 bits per heavy atom. The number of nitrogens with zero attached hydrogens (tertiary/aromatic N) is 1. The SMILES string of the molecule is COCC(C)N(C)c1c(F)cccc1C(C)O. The molecule has 4 heteroatoms. The summed E-state index contributed by atoms with van der Waals surface area (Å²) in [4.78, 5) is 1.79. The number of halogens is 1. The van der Waals surface area contributed by atoms with Gasteiger partial charge in [0.1, 0.15) is 5.82 Å². The van der Waals surface area contributed by atoms with Crippen LogP contribution in [0.5, 0.6) is 0 Å². The van der Waals surface area contributed by atoms with Gasteiger partial charge in [-0.05, 0) is 19.9 Å². The topological polar surface area (TPSA) is 32.7 Å². The maximum absolute atomic E-state index is 13.9. The number of hydrogen-bond acceptors (Lipinski definition) is 3. The molecule has 0 heterocycles. The Bertz CT molecular complexity index is 368. The summed E-state index contributed by atoms with van der Waals surface area (Å²) in [7, 11) is 3.41. The summed E-state index contributed by atoms with van der Waals surface area (Å²) in [6, 6.07) is 4.78. The molecule has 0 radical (unpaired) electrons. The average molecular weight is 241 g/mol. The minimum atomic E-state index is -0.696. The van der Waals surface area contributed by atoms with Crippen molar-refractivity contribution in [3.63, 3.8) is 0 Å². The number of aliphatic hydroxyl groups excluding tert-OH is 1. The summed E-state index contributed by atoms with van der Waals surface area (Å²) >= 11 is 0.